The van der Waals surface area contributed by atoms with E-state index in [0.717, 1.165) is 6.54 Å². The van der Waals surface area contributed by atoms with Gasteiger partial charge in [-0.3, -0.25) is 0 Å². The van der Waals surface area contributed by atoms with Gasteiger partial charge in [0.2, 0.25) is 0 Å². The van der Waals surface area contributed by atoms with Crippen LogP contribution in [0, 0.1) is 10.5 Å². The Labute approximate surface area is 105 Å². The first-order chi connectivity index (χ1) is 7.25. The average molecular weight is 316 g/mol. The lowest BCUT2D eigenvalue weighted by molar-refractivity contribution is 0.480. The molecule has 1 atom stereocenters. The van der Waals surface area contributed by atoms with Gasteiger partial charge in [0.05, 0.1) is 0 Å². The molecule has 1 aliphatic rings. The van der Waals surface area contributed by atoms with Gasteiger partial charge in [0.1, 0.15) is 0 Å². The van der Waals surface area contributed by atoms with E-state index in [1.54, 1.807) is 0 Å². The Bertz CT molecular complexity index is 332. The number of hydrogen-bond acceptors (Lipinski definition) is 2. The summed E-state index contributed by atoms with van der Waals surface area (Å²) in [7, 11) is 0. The molecular weight excluding hydrogens is 299 g/mol. The number of piperidine rings is 1. The molecule has 1 aromatic rings. The van der Waals surface area contributed by atoms with Crippen molar-refractivity contribution < 1.29 is 0 Å². The highest BCUT2D eigenvalue weighted by Crippen LogP contribution is 2.18. The van der Waals surface area contributed by atoms with Crippen LogP contribution in [-0.4, -0.2) is 19.1 Å². The molecule has 0 radical (unpaired) electrons. The molecule has 0 aromatic heterocycles. The van der Waals surface area contributed by atoms with Gasteiger partial charge in [0, 0.05) is 21.8 Å². The lowest BCUT2D eigenvalue weighted by Gasteiger charge is -2.25. The molecule has 0 bridgehead atoms. The quantitative estimate of drug-likeness (QED) is 0.820. The second kappa shape index (κ2) is 5.16. The van der Waals surface area contributed by atoms with Crippen LogP contribution in [0.15, 0.2) is 18.2 Å². The molecular formula is C12H17IN2. The zero-order chi connectivity index (χ0) is 10.7. The minimum Gasteiger partial charge on any atom is -0.381 e. The van der Waals surface area contributed by atoms with Gasteiger partial charge in [-0.2, -0.15) is 0 Å². The first-order valence-corrected chi connectivity index (χ1v) is 6.57. The molecule has 1 unspecified atom stereocenters. The highest BCUT2D eigenvalue weighted by atomic mass is 127. The van der Waals surface area contributed by atoms with Crippen molar-refractivity contribution in [1.29, 1.82) is 0 Å². The first kappa shape index (κ1) is 11.2. The maximum atomic E-state index is 3.58. The molecule has 1 heterocycles. The SMILES string of the molecule is Cc1ccc(NC2CCCNC2)cc1I. The monoisotopic (exact) mass is 316 g/mol. The van der Waals surface area contributed by atoms with Gasteiger partial charge in [0.25, 0.3) is 0 Å². The summed E-state index contributed by atoms with van der Waals surface area (Å²) in [5.74, 6) is 0. The van der Waals surface area contributed by atoms with E-state index in [1.807, 2.05) is 0 Å². The predicted molar refractivity (Wildman–Crippen MR) is 73.4 cm³/mol. The van der Waals surface area contributed by atoms with Crippen LogP contribution >= 0.6 is 22.6 Å². The number of anilines is 1. The number of nitrogens with one attached hydrogen (secondary N) is 2. The molecule has 3 heteroatoms. The van der Waals surface area contributed by atoms with Crippen LogP contribution in [0.2, 0.25) is 0 Å². The maximum absolute atomic E-state index is 3.58. The van der Waals surface area contributed by atoms with E-state index in [9.17, 15) is 0 Å². The Morgan fingerprint density at radius 2 is 2.33 bits per heavy atom. The zero-order valence-corrected chi connectivity index (χ0v) is 11.2. The molecule has 1 fully saturated rings. The predicted octanol–water partition coefficient (Wildman–Crippen LogP) is 2.76. The van der Waals surface area contributed by atoms with Crippen LogP contribution in [0.4, 0.5) is 5.69 Å². The first-order valence-electron chi connectivity index (χ1n) is 5.49. The third kappa shape index (κ3) is 3.08. The summed E-state index contributed by atoms with van der Waals surface area (Å²) in [6.45, 7) is 4.40. The van der Waals surface area contributed by atoms with Gasteiger partial charge in [0.15, 0.2) is 0 Å². The second-order valence-electron chi connectivity index (χ2n) is 4.15. The topological polar surface area (TPSA) is 24.1 Å². The highest BCUT2D eigenvalue weighted by molar-refractivity contribution is 14.1. The molecule has 1 saturated heterocycles. The second-order valence-corrected chi connectivity index (χ2v) is 5.31. The number of halogens is 1. The number of hydrogen-bond donors (Lipinski definition) is 2. The number of aryl methyl sites for hydroxylation is 1. The summed E-state index contributed by atoms with van der Waals surface area (Å²) in [6.07, 6.45) is 2.55. The molecule has 1 aliphatic heterocycles. The minimum atomic E-state index is 0.595. The summed E-state index contributed by atoms with van der Waals surface area (Å²) in [5, 5.41) is 7.00. The number of rotatable bonds is 2. The number of benzene rings is 1. The van der Waals surface area contributed by atoms with Crippen molar-refractivity contribution in [2.75, 3.05) is 18.4 Å². The van der Waals surface area contributed by atoms with Gasteiger partial charge in [-0.05, 0) is 66.6 Å². The Morgan fingerprint density at radius 3 is 3.00 bits per heavy atom. The van der Waals surface area contributed by atoms with Crippen LogP contribution in [0.25, 0.3) is 0 Å². The maximum Gasteiger partial charge on any atom is 0.0386 e. The van der Waals surface area contributed by atoms with E-state index < -0.39 is 0 Å². The average Bonchev–Trinajstić information content (AvgIpc) is 2.25. The van der Waals surface area contributed by atoms with E-state index >= 15 is 0 Å². The van der Waals surface area contributed by atoms with Gasteiger partial charge in [-0.15, -0.1) is 0 Å². The Hall–Kier alpha value is -0.290. The Kier molecular flexibility index (Phi) is 3.86. The summed E-state index contributed by atoms with van der Waals surface area (Å²) < 4.78 is 1.33. The van der Waals surface area contributed by atoms with Gasteiger partial charge >= 0.3 is 0 Å². The molecule has 0 amide bonds. The van der Waals surface area contributed by atoms with E-state index in [2.05, 4.69) is 58.3 Å². The summed E-state index contributed by atoms with van der Waals surface area (Å²) in [4.78, 5) is 0. The lowest BCUT2D eigenvalue weighted by Crippen LogP contribution is -2.38. The molecule has 0 aliphatic carbocycles. The third-order valence-electron chi connectivity index (χ3n) is 2.84. The third-order valence-corrected chi connectivity index (χ3v) is 4.00. The standard InChI is InChI=1S/C12H17IN2/c1-9-4-5-10(7-12(9)13)15-11-3-2-6-14-8-11/h4-5,7,11,14-15H,2-3,6,8H2,1H3. The molecule has 0 saturated carbocycles. The normalized spacial score (nSPS) is 21.3. The van der Waals surface area contributed by atoms with Crippen molar-refractivity contribution in [3.63, 3.8) is 0 Å². The summed E-state index contributed by atoms with van der Waals surface area (Å²) >= 11 is 2.39. The Balaban J connectivity index is 2.00. The smallest absolute Gasteiger partial charge is 0.0386 e. The van der Waals surface area contributed by atoms with Crippen molar-refractivity contribution in [3.05, 3.63) is 27.3 Å². The fraction of sp³-hybridized carbons (Fsp3) is 0.500. The van der Waals surface area contributed by atoms with Crippen LogP contribution in [0.5, 0.6) is 0 Å². The molecule has 2 N–H and O–H groups in total. The van der Waals surface area contributed by atoms with Gasteiger partial charge in [-0.1, -0.05) is 6.07 Å². The summed E-state index contributed by atoms with van der Waals surface area (Å²) in [6, 6.07) is 7.18. The van der Waals surface area contributed by atoms with E-state index in [-0.39, 0.29) is 0 Å². The molecule has 2 nitrogen and oxygen atoms in total. The largest absolute Gasteiger partial charge is 0.381 e. The molecule has 15 heavy (non-hydrogen) atoms. The highest BCUT2D eigenvalue weighted by Gasteiger charge is 2.12. The minimum absolute atomic E-state index is 0.595. The van der Waals surface area contributed by atoms with E-state index in [0.29, 0.717) is 6.04 Å². The van der Waals surface area contributed by atoms with Crippen molar-refractivity contribution >= 4 is 28.3 Å². The fourth-order valence-corrected chi connectivity index (χ4v) is 2.41. The van der Waals surface area contributed by atoms with Crippen LogP contribution in [0.1, 0.15) is 18.4 Å². The van der Waals surface area contributed by atoms with Crippen molar-refractivity contribution in [2.45, 2.75) is 25.8 Å². The van der Waals surface area contributed by atoms with Crippen molar-refractivity contribution in [1.82, 2.24) is 5.32 Å². The molecule has 2 rings (SSSR count). The fourth-order valence-electron chi connectivity index (χ4n) is 1.89. The molecule has 0 spiro atoms. The van der Waals surface area contributed by atoms with Crippen LogP contribution in [0.3, 0.4) is 0 Å². The van der Waals surface area contributed by atoms with Crippen LogP contribution < -0.4 is 10.6 Å². The summed E-state index contributed by atoms with van der Waals surface area (Å²) in [5.41, 5.74) is 2.60. The lowest BCUT2D eigenvalue weighted by atomic mass is 10.1. The Morgan fingerprint density at radius 1 is 1.47 bits per heavy atom. The van der Waals surface area contributed by atoms with Gasteiger partial charge in [-0.25, -0.2) is 0 Å². The van der Waals surface area contributed by atoms with Crippen molar-refractivity contribution in [2.24, 2.45) is 0 Å². The van der Waals surface area contributed by atoms with Gasteiger partial charge < -0.3 is 10.6 Å². The molecule has 82 valence electrons. The molecule has 1 aromatic carbocycles. The van der Waals surface area contributed by atoms with Crippen LogP contribution in [-0.2, 0) is 0 Å². The van der Waals surface area contributed by atoms with E-state index in [1.165, 1.54) is 34.2 Å². The van der Waals surface area contributed by atoms with Crippen molar-refractivity contribution in [3.8, 4) is 0 Å². The zero-order valence-electron chi connectivity index (χ0n) is 9.02. The van der Waals surface area contributed by atoms with E-state index in [4.69, 9.17) is 0 Å².